The van der Waals surface area contributed by atoms with Gasteiger partial charge in [0.25, 0.3) is 0 Å². The number of aliphatic hydroxyl groups excluding tert-OH is 2. The van der Waals surface area contributed by atoms with Crippen LogP contribution in [0.25, 0.3) is 0 Å². The number of anilines is 1. The van der Waals surface area contributed by atoms with E-state index in [1.165, 1.54) is 0 Å². The number of aliphatic hydroxyl groups is 2. The third kappa shape index (κ3) is 3.35. The molecule has 0 bridgehead atoms. The summed E-state index contributed by atoms with van der Waals surface area (Å²) in [5.41, 5.74) is 0.949. The zero-order valence-corrected chi connectivity index (χ0v) is 10.6. The van der Waals surface area contributed by atoms with Gasteiger partial charge in [0, 0.05) is 11.0 Å². The summed E-state index contributed by atoms with van der Waals surface area (Å²) in [6, 6.07) is 5.19. The molecule has 1 unspecified atom stereocenters. The molecular weight excluding hydrogens is 295 g/mol. The predicted octanol–water partition coefficient (Wildman–Crippen LogP) is 1.74. The Kier molecular flexibility index (Phi) is 5.03. The van der Waals surface area contributed by atoms with E-state index in [2.05, 4.69) is 21.2 Å². The largest absolute Gasteiger partial charge is 0.394 e. The Morgan fingerprint density at radius 2 is 2.25 bits per heavy atom. The monoisotopic (exact) mass is 304 g/mol. The van der Waals surface area contributed by atoms with Gasteiger partial charge in [-0.25, -0.2) is 0 Å². The number of rotatable bonds is 4. The van der Waals surface area contributed by atoms with E-state index in [9.17, 15) is 0 Å². The van der Waals surface area contributed by atoms with E-state index >= 15 is 0 Å². The van der Waals surface area contributed by atoms with Crippen molar-refractivity contribution in [3.8, 4) is 6.07 Å². The molecular formula is C10H10BrClN2O2. The first-order valence-electron chi connectivity index (χ1n) is 4.50. The first kappa shape index (κ1) is 13.3. The Labute approximate surface area is 107 Å². The van der Waals surface area contributed by atoms with Gasteiger partial charge in [0.1, 0.15) is 6.07 Å². The Morgan fingerprint density at radius 3 is 2.81 bits per heavy atom. The second-order valence-electron chi connectivity index (χ2n) is 3.14. The van der Waals surface area contributed by atoms with Gasteiger partial charge in [0.05, 0.1) is 29.0 Å². The van der Waals surface area contributed by atoms with E-state index in [0.29, 0.717) is 20.7 Å². The zero-order valence-electron chi connectivity index (χ0n) is 8.24. The summed E-state index contributed by atoms with van der Waals surface area (Å²) in [4.78, 5) is 0. The van der Waals surface area contributed by atoms with Crippen molar-refractivity contribution in [3.63, 3.8) is 0 Å². The zero-order chi connectivity index (χ0) is 12.1. The molecule has 3 N–H and O–H groups in total. The first-order chi connectivity index (χ1) is 7.58. The Morgan fingerprint density at radius 1 is 1.56 bits per heavy atom. The molecule has 0 amide bonds. The summed E-state index contributed by atoms with van der Waals surface area (Å²) in [5.74, 6) is 0. The van der Waals surface area contributed by atoms with Crippen LogP contribution in [0.4, 0.5) is 5.69 Å². The molecule has 0 radical (unpaired) electrons. The van der Waals surface area contributed by atoms with Crippen molar-refractivity contribution in [3.05, 3.63) is 27.2 Å². The number of hydrogen-bond donors (Lipinski definition) is 3. The van der Waals surface area contributed by atoms with Crippen molar-refractivity contribution >= 4 is 33.2 Å². The number of halogens is 2. The van der Waals surface area contributed by atoms with E-state index < -0.39 is 6.10 Å². The molecule has 0 spiro atoms. The van der Waals surface area contributed by atoms with Crippen LogP contribution < -0.4 is 5.32 Å². The summed E-state index contributed by atoms with van der Waals surface area (Å²) in [6.07, 6.45) is -0.867. The van der Waals surface area contributed by atoms with Crippen molar-refractivity contribution in [1.82, 2.24) is 0 Å². The fraction of sp³-hybridized carbons (Fsp3) is 0.300. The Bertz CT molecular complexity index is 420. The molecule has 1 aromatic rings. The fourth-order valence-corrected chi connectivity index (χ4v) is 1.58. The average Bonchev–Trinajstić information content (AvgIpc) is 2.29. The molecule has 0 aliphatic heterocycles. The minimum atomic E-state index is -0.867. The molecule has 4 nitrogen and oxygen atoms in total. The lowest BCUT2D eigenvalue weighted by Crippen LogP contribution is -2.23. The highest BCUT2D eigenvalue weighted by molar-refractivity contribution is 9.10. The Hall–Kier alpha value is -0.800. The standard InChI is InChI=1S/C10H10BrClN2O2/c11-8-1-6(3-13)10(2-9(8)12)14-4-7(16)5-15/h1-2,7,14-16H,4-5H2. The number of nitrogens with zero attached hydrogens (tertiary/aromatic N) is 1. The van der Waals surface area contributed by atoms with E-state index in [0.717, 1.165) is 0 Å². The van der Waals surface area contributed by atoms with Crippen molar-refractivity contribution in [2.75, 3.05) is 18.5 Å². The highest BCUT2D eigenvalue weighted by Crippen LogP contribution is 2.28. The second-order valence-corrected chi connectivity index (χ2v) is 4.40. The smallest absolute Gasteiger partial charge is 0.101 e. The van der Waals surface area contributed by atoms with Crippen LogP contribution >= 0.6 is 27.5 Å². The normalized spacial score (nSPS) is 11.9. The summed E-state index contributed by atoms with van der Waals surface area (Å²) >= 11 is 9.10. The van der Waals surface area contributed by atoms with Gasteiger partial charge in [-0.3, -0.25) is 0 Å². The van der Waals surface area contributed by atoms with Crippen molar-refractivity contribution in [2.45, 2.75) is 6.10 Å². The molecule has 0 saturated heterocycles. The maximum Gasteiger partial charge on any atom is 0.101 e. The van der Waals surface area contributed by atoms with Gasteiger partial charge in [-0.05, 0) is 28.1 Å². The third-order valence-electron chi connectivity index (χ3n) is 1.92. The molecule has 0 aromatic heterocycles. The maximum atomic E-state index is 9.17. The van der Waals surface area contributed by atoms with Crippen LogP contribution in [0.2, 0.25) is 5.02 Å². The number of nitriles is 1. The molecule has 0 saturated carbocycles. The Balaban J connectivity index is 2.87. The van der Waals surface area contributed by atoms with E-state index in [-0.39, 0.29) is 13.2 Å². The first-order valence-corrected chi connectivity index (χ1v) is 5.67. The molecule has 1 atom stereocenters. The van der Waals surface area contributed by atoms with E-state index in [4.69, 9.17) is 27.1 Å². The lowest BCUT2D eigenvalue weighted by molar-refractivity contribution is 0.105. The predicted molar refractivity (Wildman–Crippen MR) is 65.4 cm³/mol. The molecule has 1 aromatic carbocycles. The van der Waals surface area contributed by atoms with Gasteiger partial charge < -0.3 is 15.5 Å². The molecule has 6 heteroatoms. The van der Waals surface area contributed by atoms with Crippen LogP contribution in [0.15, 0.2) is 16.6 Å². The van der Waals surface area contributed by atoms with Crippen LogP contribution in [-0.4, -0.2) is 29.5 Å². The highest BCUT2D eigenvalue weighted by atomic mass is 79.9. The highest BCUT2D eigenvalue weighted by Gasteiger charge is 2.08. The van der Waals surface area contributed by atoms with Crippen molar-refractivity contribution in [1.29, 1.82) is 5.26 Å². The summed E-state index contributed by atoms with van der Waals surface area (Å²) in [6.45, 7) is -0.178. The molecule has 16 heavy (non-hydrogen) atoms. The molecule has 0 aliphatic carbocycles. The maximum absolute atomic E-state index is 9.17. The van der Waals surface area contributed by atoms with Gasteiger partial charge in [-0.1, -0.05) is 11.6 Å². The van der Waals surface area contributed by atoms with E-state index in [1.54, 1.807) is 12.1 Å². The van der Waals surface area contributed by atoms with Crippen molar-refractivity contribution in [2.24, 2.45) is 0 Å². The number of benzene rings is 1. The van der Waals surface area contributed by atoms with Gasteiger partial charge >= 0.3 is 0 Å². The lowest BCUT2D eigenvalue weighted by atomic mass is 10.2. The van der Waals surface area contributed by atoms with Gasteiger partial charge in [0.2, 0.25) is 0 Å². The fourth-order valence-electron chi connectivity index (χ4n) is 1.08. The molecule has 0 heterocycles. The minimum absolute atomic E-state index is 0.156. The lowest BCUT2D eigenvalue weighted by Gasteiger charge is -2.12. The third-order valence-corrected chi connectivity index (χ3v) is 3.12. The quantitative estimate of drug-likeness (QED) is 0.792. The van der Waals surface area contributed by atoms with Crippen LogP contribution in [0.3, 0.4) is 0 Å². The van der Waals surface area contributed by atoms with E-state index in [1.807, 2.05) is 6.07 Å². The van der Waals surface area contributed by atoms with Crippen molar-refractivity contribution < 1.29 is 10.2 Å². The number of nitrogens with one attached hydrogen (secondary N) is 1. The number of hydrogen-bond acceptors (Lipinski definition) is 4. The molecule has 0 aliphatic rings. The summed E-state index contributed by atoms with van der Waals surface area (Å²) < 4.78 is 0.638. The summed E-state index contributed by atoms with van der Waals surface area (Å²) in [7, 11) is 0. The minimum Gasteiger partial charge on any atom is -0.394 e. The molecule has 0 fully saturated rings. The van der Waals surface area contributed by atoms with Crippen LogP contribution in [0, 0.1) is 11.3 Å². The average molecular weight is 306 g/mol. The SMILES string of the molecule is N#Cc1cc(Br)c(Cl)cc1NCC(O)CO. The van der Waals surface area contributed by atoms with Crippen LogP contribution in [0.1, 0.15) is 5.56 Å². The van der Waals surface area contributed by atoms with Gasteiger partial charge in [-0.15, -0.1) is 0 Å². The second kappa shape index (κ2) is 6.06. The molecule has 86 valence electrons. The summed E-state index contributed by atoms with van der Waals surface area (Å²) in [5, 5.41) is 30.0. The van der Waals surface area contributed by atoms with Gasteiger partial charge in [-0.2, -0.15) is 5.26 Å². The molecule has 1 rings (SSSR count). The van der Waals surface area contributed by atoms with Gasteiger partial charge in [0.15, 0.2) is 0 Å². The van der Waals surface area contributed by atoms with Crippen LogP contribution in [-0.2, 0) is 0 Å². The van der Waals surface area contributed by atoms with Crippen LogP contribution in [0.5, 0.6) is 0 Å². The topological polar surface area (TPSA) is 76.3 Å².